The van der Waals surface area contributed by atoms with Crippen LogP contribution in [0.5, 0.6) is 0 Å². The molecule has 98 valence electrons. The molecule has 19 heavy (non-hydrogen) atoms. The first-order chi connectivity index (χ1) is 9.33. The molecule has 1 heterocycles. The van der Waals surface area contributed by atoms with Crippen molar-refractivity contribution in [1.82, 2.24) is 0 Å². The molecule has 1 fully saturated rings. The van der Waals surface area contributed by atoms with Crippen LogP contribution >= 0.6 is 0 Å². The normalized spacial score (nSPS) is 22.1. The zero-order valence-corrected chi connectivity index (χ0v) is 11.1. The Morgan fingerprint density at radius 1 is 1.21 bits per heavy atom. The Morgan fingerprint density at radius 3 is 2.47 bits per heavy atom. The number of ether oxygens (including phenoxy) is 2. The van der Waals surface area contributed by atoms with Crippen molar-refractivity contribution in [2.75, 3.05) is 13.2 Å². The maximum Gasteiger partial charge on any atom is 0.183 e. The van der Waals surface area contributed by atoms with Gasteiger partial charge in [0.2, 0.25) is 0 Å². The lowest BCUT2D eigenvalue weighted by molar-refractivity contribution is -0.206. The number of nitrogens with zero attached hydrogens (tertiary/aromatic N) is 1. The van der Waals surface area contributed by atoms with Crippen LogP contribution < -0.4 is 0 Å². The van der Waals surface area contributed by atoms with Gasteiger partial charge in [-0.05, 0) is 18.6 Å². The third kappa shape index (κ3) is 3.83. The first-order valence-electron chi connectivity index (χ1n) is 6.56. The molecule has 2 rings (SSSR count). The second-order valence-corrected chi connectivity index (χ2v) is 4.64. The molecule has 0 N–H and O–H groups in total. The summed E-state index contributed by atoms with van der Waals surface area (Å²) >= 11 is 0. The molecule has 3 heteroatoms. The molecule has 0 atom stereocenters. The summed E-state index contributed by atoms with van der Waals surface area (Å²) in [5.74, 6) is 5.65. The van der Waals surface area contributed by atoms with Crippen LogP contribution in [0.2, 0.25) is 0 Å². The van der Waals surface area contributed by atoms with Gasteiger partial charge in [0, 0.05) is 23.0 Å². The van der Waals surface area contributed by atoms with E-state index in [4.69, 9.17) is 14.7 Å². The summed E-state index contributed by atoms with van der Waals surface area (Å²) in [5, 5.41) is 8.39. The quantitative estimate of drug-likeness (QED) is 0.780. The van der Waals surface area contributed by atoms with Gasteiger partial charge in [-0.25, -0.2) is 0 Å². The molecule has 1 aromatic rings. The van der Waals surface area contributed by atoms with Gasteiger partial charge in [-0.3, -0.25) is 0 Å². The predicted molar refractivity (Wildman–Crippen MR) is 72.0 cm³/mol. The van der Waals surface area contributed by atoms with E-state index in [0.29, 0.717) is 5.92 Å². The number of rotatable bonds is 3. The van der Waals surface area contributed by atoms with Gasteiger partial charge in [-0.1, -0.05) is 31.4 Å². The Labute approximate surface area is 114 Å². The fourth-order valence-corrected chi connectivity index (χ4v) is 2.13. The van der Waals surface area contributed by atoms with Gasteiger partial charge in [-0.15, -0.1) is 0 Å². The summed E-state index contributed by atoms with van der Waals surface area (Å²) < 4.78 is 11.5. The van der Waals surface area contributed by atoms with Gasteiger partial charge in [0.15, 0.2) is 12.4 Å². The largest absolute Gasteiger partial charge is 0.348 e. The van der Waals surface area contributed by atoms with Crippen LogP contribution in [0, 0.1) is 29.1 Å². The van der Waals surface area contributed by atoms with Gasteiger partial charge in [0.1, 0.15) is 0 Å². The van der Waals surface area contributed by atoms with Crippen molar-refractivity contribution in [3.63, 3.8) is 0 Å². The molecular formula is C16H17NO2. The first-order valence-corrected chi connectivity index (χ1v) is 6.56. The molecule has 0 amide bonds. The summed E-state index contributed by atoms with van der Waals surface area (Å²) in [6.07, 6.45) is 2.04. The molecule has 0 bridgehead atoms. The fraction of sp³-hybridized carbons (Fsp3) is 0.438. The fourth-order valence-electron chi connectivity index (χ4n) is 2.13. The van der Waals surface area contributed by atoms with E-state index in [9.17, 15) is 0 Å². The van der Waals surface area contributed by atoms with Gasteiger partial charge in [0.25, 0.3) is 0 Å². The van der Waals surface area contributed by atoms with Crippen LogP contribution in [0.25, 0.3) is 0 Å². The minimum absolute atomic E-state index is 0.272. The maximum absolute atomic E-state index is 8.39. The minimum atomic E-state index is -0.272. The average Bonchev–Trinajstić information content (AvgIpc) is 2.47. The van der Waals surface area contributed by atoms with E-state index in [1.807, 2.05) is 24.3 Å². The molecule has 1 aromatic carbocycles. The highest BCUT2D eigenvalue weighted by Crippen LogP contribution is 2.26. The van der Waals surface area contributed by atoms with E-state index in [1.165, 1.54) is 0 Å². The van der Waals surface area contributed by atoms with Crippen molar-refractivity contribution < 1.29 is 9.47 Å². The van der Waals surface area contributed by atoms with Crippen LogP contribution in [0.15, 0.2) is 24.3 Å². The van der Waals surface area contributed by atoms with Gasteiger partial charge in [-0.2, -0.15) is 5.26 Å². The summed E-state index contributed by atoms with van der Waals surface area (Å²) in [4.78, 5) is 0. The third-order valence-corrected chi connectivity index (χ3v) is 3.11. The van der Waals surface area contributed by atoms with Crippen molar-refractivity contribution >= 4 is 0 Å². The van der Waals surface area contributed by atoms with E-state index in [-0.39, 0.29) is 6.29 Å². The third-order valence-electron chi connectivity index (χ3n) is 3.11. The number of hydrogen-bond donors (Lipinski definition) is 0. The van der Waals surface area contributed by atoms with Crippen molar-refractivity contribution in [3.8, 4) is 17.9 Å². The zero-order valence-electron chi connectivity index (χ0n) is 11.1. The summed E-state index contributed by atoms with van der Waals surface area (Å²) in [6, 6.07) is 9.43. The van der Waals surface area contributed by atoms with Crippen LogP contribution in [0.1, 0.15) is 37.2 Å². The highest BCUT2D eigenvalue weighted by molar-refractivity contribution is 5.39. The van der Waals surface area contributed by atoms with E-state index < -0.39 is 0 Å². The summed E-state index contributed by atoms with van der Waals surface area (Å²) in [6.45, 7) is 3.69. The summed E-state index contributed by atoms with van der Waals surface area (Å²) in [7, 11) is 0. The molecule has 3 nitrogen and oxygen atoms in total. The van der Waals surface area contributed by atoms with Crippen molar-refractivity contribution in [2.45, 2.75) is 26.1 Å². The molecule has 1 aliphatic heterocycles. The monoisotopic (exact) mass is 255 g/mol. The van der Waals surface area contributed by atoms with Crippen molar-refractivity contribution in [3.05, 3.63) is 35.4 Å². The second-order valence-electron chi connectivity index (χ2n) is 4.64. The van der Waals surface area contributed by atoms with Crippen LogP contribution in [0.4, 0.5) is 0 Å². The molecule has 0 saturated carbocycles. The van der Waals surface area contributed by atoms with Crippen molar-refractivity contribution in [1.29, 1.82) is 5.26 Å². The Kier molecular flexibility index (Phi) is 4.98. The molecule has 0 unspecified atom stereocenters. The number of nitriles is 1. The highest BCUT2D eigenvalue weighted by atomic mass is 16.7. The topological polar surface area (TPSA) is 42.2 Å². The Balaban J connectivity index is 1.95. The Bertz CT molecular complexity index is 496. The number of hydrogen-bond acceptors (Lipinski definition) is 3. The summed E-state index contributed by atoms with van der Waals surface area (Å²) in [5.41, 5.74) is 1.82. The maximum atomic E-state index is 8.39. The Hall–Kier alpha value is -1.81. The van der Waals surface area contributed by atoms with E-state index in [2.05, 4.69) is 18.8 Å². The van der Waals surface area contributed by atoms with Crippen LogP contribution in [-0.4, -0.2) is 13.2 Å². The minimum Gasteiger partial charge on any atom is -0.348 e. The average molecular weight is 255 g/mol. The van der Waals surface area contributed by atoms with Gasteiger partial charge < -0.3 is 9.47 Å². The van der Waals surface area contributed by atoms with E-state index in [0.717, 1.165) is 37.2 Å². The molecule has 0 spiro atoms. The smallest absolute Gasteiger partial charge is 0.183 e. The lowest BCUT2D eigenvalue weighted by Gasteiger charge is -2.29. The lowest BCUT2D eigenvalue weighted by Crippen LogP contribution is -2.26. The van der Waals surface area contributed by atoms with E-state index in [1.54, 1.807) is 6.07 Å². The standard InChI is InChI=1S/C16H17NO2/c1-2-4-14-11-18-16(19-12-14)15-8-6-13(7-9-15)5-3-10-17/h6-9,14,16H,2,4,11-12H2,1H3. The molecular weight excluding hydrogens is 238 g/mol. The Morgan fingerprint density at radius 2 is 1.89 bits per heavy atom. The lowest BCUT2D eigenvalue weighted by atomic mass is 10.0. The van der Waals surface area contributed by atoms with Crippen molar-refractivity contribution in [2.24, 2.45) is 5.92 Å². The van der Waals surface area contributed by atoms with E-state index >= 15 is 0 Å². The molecule has 0 aliphatic carbocycles. The van der Waals surface area contributed by atoms with Crippen LogP contribution in [0.3, 0.4) is 0 Å². The van der Waals surface area contributed by atoms with Gasteiger partial charge in [0.05, 0.1) is 13.2 Å². The van der Waals surface area contributed by atoms with Crippen LogP contribution in [-0.2, 0) is 9.47 Å². The molecule has 0 radical (unpaired) electrons. The first kappa shape index (κ1) is 13.6. The predicted octanol–water partition coefficient (Wildman–Crippen LogP) is 3.02. The SMILES string of the molecule is CCCC1COC(c2ccc(C#CC#N)cc2)OC1. The van der Waals surface area contributed by atoms with Gasteiger partial charge >= 0.3 is 0 Å². The molecule has 1 saturated heterocycles. The second kappa shape index (κ2) is 6.95. The molecule has 1 aliphatic rings. The molecule has 0 aromatic heterocycles. The number of benzene rings is 1. The highest BCUT2D eigenvalue weighted by Gasteiger charge is 2.22. The zero-order chi connectivity index (χ0) is 13.5.